The van der Waals surface area contributed by atoms with Gasteiger partial charge in [0.05, 0.1) is 27.5 Å². The van der Waals surface area contributed by atoms with E-state index in [2.05, 4.69) is 138 Å². The fourth-order valence-corrected chi connectivity index (χ4v) is 10.8. The number of aromatic nitrogens is 4. The Hall–Kier alpha value is -8.11. The van der Waals surface area contributed by atoms with Crippen molar-refractivity contribution < 1.29 is 28.2 Å². The molecule has 13 aromatic rings. The molecule has 6 heteroatoms. The maximum atomic E-state index is 9.51. The Bertz CT molecular complexity index is 4150. The minimum absolute atomic E-state index is 0. The summed E-state index contributed by atoms with van der Waals surface area (Å²) in [6, 6.07) is 75.9. The molecule has 0 N–H and O–H groups in total. The molecule has 0 unspecified atom stereocenters. The summed E-state index contributed by atoms with van der Waals surface area (Å²) >= 11 is 0. The van der Waals surface area contributed by atoms with Gasteiger partial charge in [0.25, 0.3) is 0 Å². The molecule has 0 fully saturated rings. The van der Waals surface area contributed by atoms with Crippen molar-refractivity contribution in [3.8, 4) is 39.3 Å². The van der Waals surface area contributed by atoms with Gasteiger partial charge in [-0.05, 0) is 80.9 Å². The molecule has 0 saturated heterocycles. The molecule has 0 spiro atoms. The van der Waals surface area contributed by atoms with E-state index >= 15 is 0 Å². The third-order valence-electron chi connectivity index (χ3n) is 13.6. The summed E-state index contributed by atoms with van der Waals surface area (Å²) in [7, 11) is 0. The Morgan fingerprint density at radius 1 is 0.574 bits per heavy atom. The maximum Gasteiger partial charge on any atom is 2.00 e. The van der Waals surface area contributed by atoms with Gasteiger partial charge in [0.2, 0.25) is 0 Å². The summed E-state index contributed by atoms with van der Waals surface area (Å²) in [5.74, 6) is 0.676. The first-order chi connectivity index (χ1) is 34.0. The number of hydrogen-bond acceptors (Lipinski definition) is 3. The molecule has 0 aliphatic heterocycles. The van der Waals surface area contributed by atoms with Crippen LogP contribution in [0.5, 0.6) is 0 Å². The quantitative estimate of drug-likeness (QED) is 0.149. The summed E-state index contributed by atoms with van der Waals surface area (Å²) in [4.78, 5) is 16.1. The zero-order valence-corrected chi connectivity index (χ0v) is 38.6. The molecule has 4 aromatic heterocycles. The first kappa shape index (κ1) is 38.0. The Morgan fingerprint density at radius 3 is 2.07 bits per heavy atom. The first-order valence-electron chi connectivity index (χ1n) is 23.6. The topological polar surface area (TPSA) is 58.0 Å². The Balaban J connectivity index is 0.00000480. The summed E-state index contributed by atoms with van der Waals surface area (Å²) in [6.45, 7) is 0. The SMILES string of the molecule is [2H]C([2H])(c1ccccc1)c1cccc(-n2c(-c3cccc4c3[n-]c3ccccc34)nc3c(-c4[c-]c(C5(c6ccccn6)c6ccccc6-c6ccccc65)ccc4)cc4oc5ccccc5c4c32)c1.[Pt+2]. The molecule has 322 valence electrons. The molecule has 0 bridgehead atoms. The van der Waals surface area contributed by atoms with Gasteiger partial charge in [-0.25, -0.2) is 4.98 Å². The van der Waals surface area contributed by atoms with Crippen molar-refractivity contribution in [2.24, 2.45) is 0 Å². The van der Waals surface area contributed by atoms with Crippen molar-refractivity contribution in [2.75, 3.05) is 0 Å². The van der Waals surface area contributed by atoms with E-state index in [1.165, 1.54) is 11.1 Å². The van der Waals surface area contributed by atoms with Crippen LogP contribution in [0.1, 0.15) is 36.3 Å². The number of rotatable bonds is 7. The molecule has 1 aliphatic carbocycles. The molecular formula is C62H38N4OPt. The molecule has 5 nitrogen and oxygen atoms in total. The van der Waals surface area contributed by atoms with Crippen molar-refractivity contribution in [3.05, 3.63) is 258 Å². The van der Waals surface area contributed by atoms with Gasteiger partial charge in [-0.15, -0.1) is 46.4 Å². The van der Waals surface area contributed by atoms with E-state index in [9.17, 15) is 2.74 Å². The van der Waals surface area contributed by atoms with Crippen LogP contribution in [0.25, 0.3) is 94.1 Å². The number of furan rings is 1. The largest absolute Gasteiger partial charge is 2.00 e. The van der Waals surface area contributed by atoms with E-state index in [1.54, 1.807) is 0 Å². The number of para-hydroxylation sites is 3. The third kappa shape index (κ3) is 5.92. The third-order valence-corrected chi connectivity index (χ3v) is 13.6. The Labute approximate surface area is 409 Å². The van der Waals surface area contributed by atoms with Crippen LogP contribution in [0.3, 0.4) is 0 Å². The fraction of sp³-hybridized carbons (Fsp3) is 0.0323. The van der Waals surface area contributed by atoms with Gasteiger partial charge in [-0.1, -0.05) is 169 Å². The number of benzene rings is 9. The van der Waals surface area contributed by atoms with Crippen LogP contribution in [0, 0.1) is 6.07 Å². The van der Waals surface area contributed by atoms with E-state index in [0.717, 1.165) is 94.0 Å². The van der Waals surface area contributed by atoms with Gasteiger partial charge in [0, 0.05) is 25.6 Å². The van der Waals surface area contributed by atoms with E-state index < -0.39 is 11.8 Å². The predicted molar refractivity (Wildman–Crippen MR) is 271 cm³/mol. The summed E-state index contributed by atoms with van der Waals surface area (Å²) in [5.41, 5.74) is 15.0. The van der Waals surface area contributed by atoms with Crippen molar-refractivity contribution in [2.45, 2.75) is 11.8 Å². The maximum absolute atomic E-state index is 9.51. The standard InChI is InChI=1S/C62H38N4O.Pt/c1-2-17-39(18-3-1)35-40-19-14-22-43(36-40)66-60-57-48-26-7-11-32-54(48)67-55(57)38-50(59(60)65-61(66)49-28-16-27-47-46-25-6-10-31-53(46)64-58(47)49)41-20-15-21-42(37-41)62(56-33-12-13-34-63-56)51-29-8-4-23-44(51)45-24-5-9-30-52(45)62;/h1-34,36,38H,35H2;/q-2;+2/i35D2;. The molecule has 68 heavy (non-hydrogen) atoms. The zero-order valence-electron chi connectivity index (χ0n) is 38.3. The molecule has 0 atom stereocenters. The van der Waals surface area contributed by atoms with Crippen molar-refractivity contribution in [1.29, 1.82) is 0 Å². The van der Waals surface area contributed by atoms with Crippen LogP contribution in [-0.4, -0.2) is 14.5 Å². The van der Waals surface area contributed by atoms with Gasteiger partial charge < -0.3 is 9.40 Å². The Kier molecular flexibility index (Phi) is 8.82. The monoisotopic (exact) mass is 1050 g/mol. The molecule has 9 aromatic carbocycles. The van der Waals surface area contributed by atoms with E-state index in [4.69, 9.17) is 19.4 Å². The van der Waals surface area contributed by atoms with Crippen LogP contribution < -0.4 is 4.98 Å². The summed E-state index contributed by atoms with van der Waals surface area (Å²) in [5, 5.41) is 3.97. The number of fused-ring (bicyclic) bond motifs is 11. The summed E-state index contributed by atoms with van der Waals surface area (Å²) in [6.07, 6.45) is 0.0845. The number of pyridine rings is 1. The molecule has 0 amide bonds. The second kappa shape index (κ2) is 15.8. The minimum Gasteiger partial charge on any atom is -0.656 e. The van der Waals surface area contributed by atoms with Gasteiger partial charge in [-0.2, -0.15) is 0 Å². The molecule has 4 heterocycles. The average molecular weight is 1050 g/mol. The van der Waals surface area contributed by atoms with Crippen LogP contribution in [0.2, 0.25) is 0 Å². The molecular weight excluding hydrogens is 1010 g/mol. The smallest absolute Gasteiger partial charge is 0.656 e. The number of nitrogens with zero attached hydrogens (tertiary/aromatic N) is 4. The van der Waals surface area contributed by atoms with Gasteiger partial charge in [0.15, 0.2) is 0 Å². The van der Waals surface area contributed by atoms with E-state index in [0.29, 0.717) is 22.5 Å². The van der Waals surface area contributed by atoms with E-state index in [1.807, 2.05) is 91.1 Å². The van der Waals surface area contributed by atoms with Crippen LogP contribution >= 0.6 is 0 Å². The molecule has 0 saturated carbocycles. The zero-order chi connectivity index (χ0) is 45.8. The van der Waals surface area contributed by atoms with Crippen LogP contribution in [-0.2, 0) is 32.9 Å². The molecule has 1 aliphatic rings. The molecule has 14 rings (SSSR count). The number of hydrogen-bond donors (Lipinski definition) is 0. The molecule has 0 radical (unpaired) electrons. The normalized spacial score (nSPS) is 13.4. The Morgan fingerprint density at radius 2 is 1.25 bits per heavy atom. The van der Waals surface area contributed by atoms with Gasteiger partial charge >= 0.3 is 21.1 Å². The van der Waals surface area contributed by atoms with E-state index in [-0.39, 0.29) is 21.1 Å². The second-order valence-corrected chi connectivity index (χ2v) is 17.3. The second-order valence-electron chi connectivity index (χ2n) is 17.3. The summed E-state index contributed by atoms with van der Waals surface area (Å²) < 4.78 is 28.1. The van der Waals surface area contributed by atoms with Gasteiger partial charge in [-0.3, -0.25) is 9.55 Å². The van der Waals surface area contributed by atoms with Crippen molar-refractivity contribution >= 4 is 54.8 Å². The van der Waals surface area contributed by atoms with Gasteiger partial charge in [0.1, 0.15) is 17.0 Å². The fourth-order valence-electron chi connectivity index (χ4n) is 10.8. The minimum atomic E-state index is -1.79. The first-order valence-corrected chi connectivity index (χ1v) is 22.6. The van der Waals surface area contributed by atoms with Crippen molar-refractivity contribution in [3.63, 3.8) is 0 Å². The van der Waals surface area contributed by atoms with Crippen LogP contribution in [0.15, 0.2) is 223 Å². The van der Waals surface area contributed by atoms with Crippen LogP contribution in [0.4, 0.5) is 0 Å². The number of imidazole rings is 1. The van der Waals surface area contributed by atoms with Crippen molar-refractivity contribution in [1.82, 2.24) is 19.5 Å². The predicted octanol–water partition coefficient (Wildman–Crippen LogP) is 14.7. The average Bonchev–Trinajstić information content (AvgIpc) is 4.17.